The van der Waals surface area contributed by atoms with E-state index >= 15 is 0 Å². The minimum absolute atomic E-state index is 0.262. The van der Waals surface area contributed by atoms with Crippen LogP contribution >= 0.6 is 0 Å². The van der Waals surface area contributed by atoms with Gasteiger partial charge in [-0.05, 0) is 30.7 Å². The van der Waals surface area contributed by atoms with Gasteiger partial charge in [0.15, 0.2) is 5.25 Å². The van der Waals surface area contributed by atoms with Gasteiger partial charge in [0.05, 0.1) is 11.8 Å². The Morgan fingerprint density at radius 3 is 2.35 bits per heavy atom. The Labute approximate surface area is 102 Å². The molecular weight excluding hydrogens is 238 g/mol. The van der Waals surface area contributed by atoms with Crippen LogP contribution in [-0.2, 0) is 10.0 Å². The van der Waals surface area contributed by atoms with E-state index in [4.69, 9.17) is 11.0 Å². The van der Waals surface area contributed by atoms with Crippen LogP contribution in [0.5, 0.6) is 0 Å². The topological polar surface area (TPSA) is 87.2 Å². The van der Waals surface area contributed by atoms with Gasteiger partial charge < -0.3 is 5.73 Å². The summed E-state index contributed by atoms with van der Waals surface area (Å²) in [5, 5.41) is 7.80. The maximum atomic E-state index is 12.1. The van der Waals surface area contributed by atoms with Crippen LogP contribution in [0.15, 0.2) is 24.3 Å². The summed E-state index contributed by atoms with van der Waals surface area (Å²) in [5.74, 6) is 0. The molecule has 1 aromatic carbocycles. The molecule has 17 heavy (non-hydrogen) atoms. The highest BCUT2D eigenvalue weighted by molar-refractivity contribution is 7.93. The monoisotopic (exact) mass is 253 g/mol. The smallest absolute Gasteiger partial charge is 0.251 e. The number of nitrogens with zero attached hydrogens (tertiary/aromatic N) is 2. The molecule has 0 amide bonds. The zero-order valence-electron chi connectivity index (χ0n) is 9.79. The van der Waals surface area contributed by atoms with E-state index in [9.17, 15) is 8.42 Å². The molecule has 6 heteroatoms. The maximum Gasteiger partial charge on any atom is 0.251 e. The van der Waals surface area contributed by atoms with Gasteiger partial charge in [0, 0.05) is 12.7 Å². The fraction of sp³-hybridized carbons (Fsp3) is 0.364. The van der Waals surface area contributed by atoms with E-state index in [0.29, 0.717) is 11.4 Å². The Morgan fingerprint density at radius 1 is 1.41 bits per heavy atom. The fourth-order valence-corrected chi connectivity index (χ4v) is 2.74. The summed E-state index contributed by atoms with van der Waals surface area (Å²) < 4.78 is 25.2. The molecule has 0 aliphatic heterocycles. The molecule has 1 rings (SSSR count). The molecule has 0 saturated heterocycles. The zero-order chi connectivity index (χ0) is 13.1. The van der Waals surface area contributed by atoms with Crippen molar-refractivity contribution in [3.8, 4) is 6.07 Å². The summed E-state index contributed by atoms with van der Waals surface area (Å²) in [6.07, 6.45) is 0.262. The van der Waals surface area contributed by atoms with Crippen LogP contribution in [0.2, 0.25) is 0 Å². The predicted octanol–water partition coefficient (Wildman–Crippen LogP) is 1.34. The van der Waals surface area contributed by atoms with Crippen LogP contribution in [0, 0.1) is 11.3 Å². The van der Waals surface area contributed by atoms with Gasteiger partial charge in [-0.2, -0.15) is 5.26 Å². The number of hydrogen-bond acceptors (Lipinski definition) is 4. The van der Waals surface area contributed by atoms with E-state index in [0.717, 1.165) is 4.31 Å². The standard InChI is InChI=1S/C11H15N3O2S/c1-3-11(8-12)17(15,16)14(2)10-6-4-9(13)5-7-10/h4-7,11H,3,13H2,1-2H3. The highest BCUT2D eigenvalue weighted by Gasteiger charge is 2.28. The second kappa shape index (κ2) is 5.06. The normalized spacial score (nSPS) is 12.8. The summed E-state index contributed by atoms with van der Waals surface area (Å²) in [5.41, 5.74) is 6.58. The Balaban J connectivity index is 3.09. The van der Waals surface area contributed by atoms with Gasteiger partial charge in [0.2, 0.25) is 0 Å². The van der Waals surface area contributed by atoms with Gasteiger partial charge in [-0.3, -0.25) is 4.31 Å². The number of rotatable bonds is 4. The Bertz CT molecular complexity index is 517. The van der Waals surface area contributed by atoms with E-state index in [1.807, 2.05) is 0 Å². The molecule has 0 radical (unpaired) electrons. The van der Waals surface area contributed by atoms with Crippen LogP contribution in [0.1, 0.15) is 13.3 Å². The van der Waals surface area contributed by atoms with Crippen molar-refractivity contribution in [2.75, 3.05) is 17.1 Å². The first-order chi connectivity index (χ1) is 7.93. The molecule has 5 nitrogen and oxygen atoms in total. The van der Waals surface area contributed by atoms with Gasteiger partial charge in [0.1, 0.15) is 0 Å². The Kier molecular flexibility index (Phi) is 3.97. The number of hydrogen-bond donors (Lipinski definition) is 1. The van der Waals surface area contributed by atoms with E-state index in [2.05, 4.69) is 0 Å². The second-order valence-corrected chi connectivity index (χ2v) is 5.78. The molecule has 1 atom stereocenters. The Hall–Kier alpha value is -1.74. The molecule has 0 aliphatic rings. The lowest BCUT2D eigenvalue weighted by Gasteiger charge is -2.21. The number of sulfonamides is 1. The lowest BCUT2D eigenvalue weighted by atomic mass is 10.3. The average Bonchev–Trinajstić information content (AvgIpc) is 2.30. The summed E-state index contributed by atoms with van der Waals surface area (Å²) in [6, 6.07) is 8.26. The molecule has 1 unspecified atom stereocenters. The quantitative estimate of drug-likeness (QED) is 0.820. The molecule has 1 aromatic rings. The summed E-state index contributed by atoms with van der Waals surface area (Å²) >= 11 is 0. The van der Waals surface area contributed by atoms with Crippen molar-refractivity contribution in [3.63, 3.8) is 0 Å². The molecule has 92 valence electrons. The van der Waals surface area contributed by atoms with Crippen molar-refractivity contribution < 1.29 is 8.42 Å². The third-order valence-electron chi connectivity index (χ3n) is 2.51. The minimum Gasteiger partial charge on any atom is -0.399 e. The molecular formula is C11H15N3O2S. The lowest BCUT2D eigenvalue weighted by molar-refractivity contribution is 0.585. The van der Waals surface area contributed by atoms with E-state index in [1.54, 1.807) is 37.3 Å². The molecule has 0 bridgehead atoms. The van der Waals surface area contributed by atoms with Gasteiger partial charge >= 0.3 is 0 Å². The number of nitrogen functional groups attached to an aromatic ring is 1. The first kappa shape index (κ1) is 13.3. The van der Waals surface area contributed by atoms with E-state index in [1.165, 1.54) is 7.05 Å². The van der Waals surface area contributed by atoms with Gasteiger partial charge in [-0.25, -0.2) is 8.42 Å². The van der Waals surface area contributed by atoms with Gasteiger partial charge in [0.25, 0.3) is 10.0 Å². The average molecular weight is 253 g/mol. The summed E-state index contributed by atoms with van der Waals surface area (Å²) in [6.45, 7) is 1.67. The number of nitrogens with two attached hydrogens (primary N) is 1. The SMILES string of the molecule is CCC(C#N)S(=O)(=O)N(C)c1ccc(N)cc1. The largest absolute Gasteiger partial charge is 0.399 e. The third-order valence-corrected chi connectivity index (χ3v) is 4.64. The summed E-state index contributed by atoms with van der Waals surface area (Å²) in [4.78, 5) is 0. The maximum absolute atomic E-state index is 12.1. The van der Waals surface area contributed by atoms with Crippen LogP contribution in [0.25, 0.3) is 0 Å². The third kappa shape index (κ3) is 2.68. The van der Waals surface area contributed by atoms with Gasteiger partial charge in [-0.15, -0.1) is 0 Å². The molecule has 0 heterocycles. The van der Waals surface area contributed by atoms with Gasteiger partial charge in [-0.1, -0.05) is 6.92 Å². The first-order valence-corrected chi connectivity index (χ1v) is 6.66. The molecule has 0 fully saturated rings. The zero-order valence-corrected chi connectivity index (χ0v) is 10.6. The number of benzene rings is 1. The van der Waals surface area contributed by atoms with E-state index in [-0.39, 0.29) is 6.42 Å². The highest BCUT2D eigenvalue weighted by atomic mass is 32.2. The molecule has 2 N–H and O–H groups in total. The van der Waals surface area contributed by atoms with Crippen molar-refractivity contribution in [2.45, 2.75) is 18.6 Å². The van der Waals surface area contributed by atoms with Crippen molar-refractivity contribution in [2.24, 2.45) is 0 Å². The minimum atomic E-state index is -3.64. The fourth-order valence-electron chi connectivity index (χ4n) is 1.39. The number of anilines is 2. The summed E-state index contributed by atoms with van der Waals surface area (Å²) in [7, 11) is -2.20. The predicted molar refractivity (Wildman–Crippen MR) is 67.9 cm³/mol. The van der Waals surface area contributed by atoms with Crippen LogP contribution < -0.4 is 10.0 Å². The first-order valence-electron chi connectivity index (χ1n) is 5.16. The second-order valence-electron chi connectivity index (χ2n) is 3.63. The van der Waals surface area contributed by atoms with Crippen molar-refractivity contribution in [3.05, 3.63) is 24.3 Å². The van der Waals surface area contributed by atoms with E-state index < -0.39 is 15.3 Å². The molecule has 0 aromatic heterocycles. The van der Waals surface area contributed by atoms with Crippen LogP contribution in [0.3, 0.4) is 0 Å². The van der Waals surface area contributed by atoms with Crippen molar-refractivity contribution in [1.29, 1.82) is 5.26 Å². The lowest BCUT2D eigenvalue weighted by Crippen LogP contribution is -2.35. The molecule has 0 saturated carbocycles. The Morgan fingerprint density at radius 2 is 1.94 bits per heavy atom. The molecule has 0 aliphatic carbocycles. The highest BCUT2D eigenvalue weighted by Crippen LogP contribution is 2.21. The van der Waals surface area contributed by atoms with Crippen molar-refractivity contribution in [1.82, 2.24) is 0 Å². The van der Waals surface area contributed by atoms with Crippen LogP contribution in [0.4, 0.5) is 11.4 Å². The number of nitriles is 1. The molecule has 0 spiro atoms. The van der Waals surface area contributed by atoms with Crippen molar-refractivity contribution >= 4 is 21.4 Å². The van der Waals surface area contributed by atoms with Crippen LogP contribution in [-0.4, -0.2) is 20.7 Å².